The first-order valence-electron chi connectivity index (χ1n) is 8.82. The molecule has 2 aromatic carbocycles. The van der Waals surface area contributed by atoms with E-state index >= 15 is 0 Å². The van der Waals surface area contributed by atoms with Crippen LogP contribution in [0.5, 0.6) is 11.5 Å². The van der Waals surface area contributed by atoms with Crippen molar-refractivity contribution in [1.29, 1.82) is 0 Å². The van der Waals surface area contributed by atoms with Gasteiger partial charge >= 0.3 is 0 Å². The topological polar surface area (TPSA) is 29.5 Å². The van der Waals surface area contributed by atoms with Crippen molar-refractivity contribution in [3.05, 3.63) is 65.2 Å². The molecule has 0 saturated heterocycles. The third-order valence-corrected chi connectivity index (χ3v) is 4.18. The molecule has 2 heteroatoms. The molecule has 0 spiro atoms. The van der Waals surface area contributed by atoms with Crippen LogP contribution in [0.15, 0.2) is 54.1 Å². The van der Waals surface area contributed by atoms with E-state index in [0.29, 0.717) is 5.75 Å². The van der Waals surface area contributed by atoms with Gasteiger partial charge in [0.2, 0.25) is 0 Å². The lowest BCUT2D eigenvalue weighted by Crippen LogP contribution is -1.93. The highest BCUT2D eigenvalue weighted by molar-refractivity contribution is 5.55. The van der Waals surface area contributed by atoms with Gasteiger partial charge in [0.1, 0.15) is 11.5 Å². The zero-order valence-corrected chi connectivity index (χ0v) is 14.8. The lowest BCUT2D eigenvalue weighted by atomic mass is 9.97. The van der Waals surface area contributed by atoms with E-state index in [2.05, 4.69) is 25.1 Å². The molecule has 0 aliphatic carbocycles. The predicted octanol–water partition coefficient (Wildman–Crippen LogP) is 6.00. The number of phenolic OH excluding ortho intramolecular Hbond substituents is 1. The average molecular weight is 324 g/mol. The zero-order chi connectivity index (χ0) is 17.2. The Balaban J connectivity index is 2.13. The molecule has 0 aliphatic rings. The van der Waals surface area contributed by atoms with Gasteiger partial charge < -0.3 is 9.84 Å². The highest BCUT2D eigenvalue weighted by Crippen LogP contribution is 2.22. The van der Waals surface area contributed by atoms with Gasteiger partial charge in [-0.1, -0.05) is 62.1 Å². The molecule has 0 aromatic heterocycles. The van der Waals surface area contributed by atoms with Crippen LogP contribution in [0.4, 0.5) is 0 Å². The van der Waals surface area contributed by atoms with Crippen molar-refractivity contribution in [2.75, 3.05) is 7.11 Å². The van der Waals surface area contributed by atoms with Gasteiger partial charge in [0, 0.05) is 0 Å². The van der Waals surface area contributed by atoms with E-state index in [1.165, 1.54) is 42.4 Å². The van der Waals surface area contributed by atoms with E-state index in [9.17, 15) is 5.11 Å². The first-order chi connectivity index (χ1) is 11.7. The van der Waals surface area contributed by atoms with Gasteiger partial charge in [-0.3, -0.25) is 0 Å². The molecule has 0 radical (unpaired) electrons. The highest BCUT2D eigenvalue weighted by atomic mass is 16.5. The van der Waals surface area contributed by atoms with Crippen molar-refractivity contribution in [3.8, 4) is 11.5 Å². The Morgan fingerprint density at radius 3 is 2.54 bits per heavy atom. The van der Waals surface area contributed by atoms with E-state index in [1.807, 2.05) is 24.3 Å². The molecule has 0 atom stereocenters. The fourth-order valence-electron chi connectivity index (χ4n) is 2.83. The third kappa shape index (κ3) is 6.11. The number of allylic oxidation sites excluding steroid dienone is 1. The molecule has 0 fully saturated rings. The number of methoxy groups -OCH3 is 1. The van der Waals surface area contributed by atoms with Gasteiger partial charge in [-0.05, 0) is 54.7 Å². The fourth-order valence-corrected chi connectivity index (χ4v) is 2.83. The molecule has 0 amide bonds. The number of phenols is 1. The smallest absolute Gasteiger partial charge is 0.119 e. The van der Waals surface area contributed by atoms with Crippen LogP contribution in [0.1, 0.15) is 50.2 Å². The lowest BCUT2D eigenvalue weighted by molar-refractivity contribution is 0.414. The number of hydrogen-bond donors (Lipinski definition) is 1. The Morgan fingerprint density at radius 2 is 1.83 bits per heavy atom. The summed E-state index contributed by atoms with van der Waals surface area (Å²) in [5.74, 6) is 1.21. The molecule has 2 aromatic rings. The Hall–Kier alpha value is -2.22. The second-order valence-electron chi connectivity index (χ2n) is 6.23. The summed E-state index contributed by atoms with van der Waals surface area (Å²) in [6, 6.07) is 15.7. The molecular weight excluding hydrogens is 296 g/mol. The Kier molecular flexibility index (Phi) is 7.41. The Labute approximate surface area is 145 Å². The maximum absolute atomic E-state index is 9.46. The summed E-state index contributed by atoms with van der Waals surface area (Å²) in [5.41, 5.74) is 3.83. The highest BCUT2D eigenvalue weighted by Gasteiger charge is 2.03. The molecular formula is C22H28O2. The molecule has 2 nitrogen and oxygen atoms in total. The van der Waals surface area contributed by atoms with E-state index in [1.54, 1.807) is 19.2 Å². The Bertz CT molecular complexity index is 641. The SMILES string of the molecule is CCCCCC/C(=C\c1cccc(OC)c1)Cc1ccc(O)cc1. The largest absolute Gasteiger partial charge is 0.508 e. The van der Waals surface area contributed by atoms with Crippen LogP contribution in [-0.2, 0) is 6.42 Å². The molecule has 0 heterocycles. The van der Waals surface area contributed by atoms with Gasteiger partial charge in [0.05, 0.1) is 7.11 Å². The number of benzene rings is 2. The molecule has 0 aliphatic heterocycles. The summed E-state index contributed by atoms with van der Waals surface area (Å²) < 4.78 is 5.32. The van der Waals surface area contributed by atoms with E-state index in [-0.39, 0.29) is 0 Å². The molecule has 1 N–H and O–H groups in total. The minimum Gasteiger partial charge on any atom is -0.508 e. The van der Waals surface area contributed by atoms with Crippen LogP contribution in [0.3, 0.4) is 0 Å². The Morgan fingerprint density at radius 1 is 1.04 bits per heavy atom. The standard InChI is InChI=1S/C22H28O2/c1-3-4-5-6-8-19(15-18-11-13-21(23)14-12-18)16-20-9-7-10-22(17-20)24-2/h7,9-14,16-17,23H,3-6,8,15H2,1-2H3/b19-16+. The van der Waals surface area contributed by atoms with Crippen LogP contribution in [0, 0.1) is 0 Å². The quantitative estimate of drug-likeness (QED) is 0.573. The van der Waals surface area contributed by atoms with E-state index < -0.39 is 0 Å². The first-order valence-corrected chi connectivity index (χ1v) is 8.82. The summed E-state index contributed by atoms with van der Waals surface area (Å²) in [4.78, 5) is 0. The third-order valence-electron chi connectivity index (χ3n) is 4.18. The fraction of sp³-hybridized carbons (Fsp3) is 0.364. The van der Waals surface area contributed by atoms with Crippen LogP contribution < -0.4 is 4.74 Å². The molecule has 0 bridgehead atoms. The summed E-state index contributed by atoms with van der Waals surface area (Å²) in [5, 5.41) is 9.46. The van der Waals surface area contributed by atoms with Crippen LogP contribution in [0.25, 0.3) is 6.08 Å². The molecule has 2 rings (SSSR count). The van der Waals surface area contributed by atoms with E-state index in [0.717, 1.165) is 18.6 Å². The van der Waals surface area contributed by atoms with Gasteiger partial charge in [0.15, 0.2) is 0 Å². The monoisotopic (exact) mass is 324 g/mol. The van der Waals surface area contributed by atoms with Gasteiger partial charge in [-0.25, -0.2) is 0 Å². The lowest BCUT2D eigenvalue weighted by Gasteiger charge is -2.09. The number of rotatable bonds is 9. The maximum atomic E-state index is 9.46. The normalized spacial score (nSPS) is 11.5. The number of unbranched alkanes of at least 4 members (excludes halogenated alkanes) is 3. The molecule has 128 valence electrons. The van der Waals surface area contributed by atoms with Crippen molar-refractivity contribution in [2.45, 2.75) is 45.4 Å². The van der Waals surface area contributed by atoms with Gasteiger partial charge in [0.25, 0.3) is 0 Å². The first kappa shape index (κ1) is 18.1. The number of hydrogen-bond acceptors (Lipinski definition) is 2. The summed E-state index contributed by atoms with van der Waals surface area (Å²) in [6.07, 6.45) is 9.37. The average Bonchev–Trinajstić information content (AvgIpc) is 2.60. The summed E-state index contributed by atoms with van der Waals surface area (Å²) in [7, 11) is 1.70. The predicted molar refractivity (Wildman–Crippen MR) is 102 cm³/mol. The minimum atomic E-state index is 0.319. The molecule has 24 heavy (non-hydrogen) atoms. The summed E-state index contributed by atoms with van der Waals surface area (Å²) >= 11 is 0. The molecule has 0 unspecified atom stereocenters. The van der Waals surface area contributed by atoms with Crippen molar-refractivity contribution >= 4 is 6.08 Å². The van der Waals surface area contributed by atoms with Crippen LogP contribution >= 0.6 is 0 Å². The second-order valence-corrected chi connectivity index (χ2v) is 6.23. The minimum absolute atomic E-state index is 0.319. The molecule has 0 saturated carbocycles. The van der Waals surface area contributed by atoms with Crippen molar-refractivity contribution in [3.63, 3.8) is 0 Å². The van der Waals surface area contributed by atoms with Crippen molar-refractivity contribution < 1.29 is 9.84 Å². The van der Waals surface area contributed by atoms with Gasteiger partial charge in [-0.15, -0.1) is 0 Å². The number of aromatic hydroxyl groups is 1. The number of ether oxygens (including phenoxy) is 1. The maximum Gasteiger partial charge on any atom is 0.119 e. The van der Waals surface area contributed by atoms with E-state index in [4.69, 9.17) is 4.74 Å². The zero-order valence-electron chi connectivity index (χ0n) is 14.8. The van der Waals surface area contributed by atoms with Gasteiger partial charge in [-0.2, -0.15) is 0 Å². The summed E-state index contributed by atoms with van der Waals surface area (Å²) in [6.45, 7) is 2.24. The second kappa shape index (κ2) is 9.82. The van der Waals surface area contributed by atoms with Crippen LogP contribution in [-0.4, -0.2) is 12.2 Å². The van der Waals surface area contributed by atoms with Crippen molar-refractivity contribution in [1.82, 2.24) is 0 Å². The van der Waals surface area contributed by atoms with Crippen LogP contribution in [0.2, 0.25) is 0 Å². The van der Waals surface area contributed by atoms with Crippen molar-refractivity contribution in [2.24, 2.45) is 0 Å².